The summed E-state index contributed by atoms with van der Waals surface area (Å²) in [6, 6.07) is 4.80. The molecule has 0 radical (unpaired) electrons. The van der Waals surface area contributed by atoms with Crippen LogP contribution in [0.5, 0.6) is 5.75 Å². The first kappa shape index (κ1) is 18.3. The molecule has 0 spiro atoms. The highest BCUT2D eigenvalue weighted by Crippen LogP contribution is 2.70. The Morgan fingerprint density at radius 3 is 2.64 bits per heavy atom. The monoisotopic (exact) mass is 384 g/mol. The number of carbonyl (C=O) groups is 1. The molecule has 1 aromatic carbocycles. The maximum absolute atomic E-state index is 12.5. The van der Waals surface area contributed by atoms with E-state index in [0.717, 1.165) is 0 Å². The Morgan fingerprint density at radius 2 is 2.08 bits per heavy atom. The predicted octanol–water partition coefficient (Wildman–Crippen LogP) is 4.72. The molecule has 1 saturated heterocycles. The van der Waals surface area contributed by atoms with Gasteiger partial charge in [-0.1, -0.05) is 49.1 Å². The lowest BCUT2D eigenvalue weighted by Gasteiger charge is -2.32. The molecular formula is C18H22Cl2N2O3. The summed E-state index contributed by atoms with van der Waals surface area (Å²) in [4.78, 5) is 19.1. The average Bonchev–Trinajstić information content (AvgIpc) is 2.95. The minimum atomic E-state index is -0.364. The van der Waals surface area contributed by atoms with E-state index in [0.29, 0.717) is 40.7 Å². The molecule has 2 aliphatic rings. The Hall–Kier alpha value is -1.46. The summed E-state index contributed by atoms with van der Waals surface area (Å²) in [7, 11) is 1.54. The van der Waals surface area contributed by atoms with Gasteiger partial charge in [0.1, 0.15) is 12.9 Å². The van der Waals surface area contributed by atoms with Gasteiger partial charge in [-0.3, -0.25) is 0 Å². The van der Waals surface area contributed by atoms with Crippen LogP contribution in [0, 0.1) is 22.7 Å². The maximum atomic E-state index is 12.5. The van der Waals surface area contributed by atoms with Crippen LogP contribution >= 0.6 is 23.2 Å². The van der Waals surface area contributed by atoms with Crippen molar-refractivity contribution in [3.8, 4) is 5.75 Å². The van der Waals surface area contributed by atoms with Gasteiger partial charge in [0.25, 0.3) is 0 Å². The SMILES string of the molecule is CON=CC1C2CN(C(=O)Oc3ccc(Cl)c(Cl)c3)CC12C(C)(C)C. The second-order valence-corrected chi connectivity index (χ2v) is 8.50. The Labute approximate surface area is 157 Å². The smallest absolute Gasteiger partial charge is 0.410 e. The van der Waals surface area contributed by atoms with Crippen molar-refractivity contribution in [1.29, 1.82) is 0 Å². The highest BCUT2D eigenvalue weighted by molar-refractivity contribution is 6.42. The fraction of sp³-hybridized carbons (Fsp3) is 0.556. The zero-order valence-corrected chi connectivity index (χ0v) is 16.3. The summed E-state index contributed by atoms with van der Waals surface area (Å²) in [5.41, 5.74) is 0.0480. The van der Waals surface area contributed by atoms with Gasteiger partial charge in [-0.2, -0.15) is 0 Å². The van der Waals surface area contributed by atoms with Crippen molar-refractivity contribution in [3.05, 3.63) is 28.2 Å². The molecule has 0 bridgehead atoms. The topological polar surface area (TPSA) is 51.1 Å². The van der Waals surface area contributed by atoms with Gasteiger partial charge in [-0.05, 0) is 23.5 Å². The molecule has 3 atom stereocenters. The van der Waals surface area contributed by atoms with Gasteiger partial charge in [-0.25, -0.2) is 4.79 Å². The molecule has 25 heavy (non-hydrogen) atoms. The second kappa shape index (κ2) is 6.36. The van der Waals surface area contributed by atoms with Gasteiger partial charge >= 0.3 is 6.09 Å². The van der Waals surface area contributed by atoms with Crippen molar-refractivity contribution in [2.75, 3.05) is 20.2 Å². The quantitative estimate of drug-likeness (QED) is 0.559. The number of likely N-dealkylation sites (tertiary alicyclic amines) is 1. The standard InChI is InChI=1S/C18H22Cl2N2O3/c1-17(2,3)18-10-22(9-13(18)12(18)8-21-24-4)16(23)25-11-5-6-14(19)15(20)7-11/h5-8,12-13H,9-10H2,1-4H3. The van der Waals surface area contributed by atoms with Gasteiger partial charge in [0.2, 0.25) is 0 Å². The third-order valence-corrected chi connectivity index (χ3v) is 6.27. The average molecular weight is 385 g/mol. The number of amides is 1. The summed E-state index contributed by atoms with van der Waals surface area (Å²) in [5.74, 6) is 1.08. The van der Waals surface area contributed by atoms with E-state index in [4.69, 9.17) is 32.8 Å². The molecule has 2 fully saturated rings. The molecule has 5 nitrogen and oxygen atoms in total. The first-order valence-electron chi connectivity index (χ1n) is 8.19. The molecule has 3 rings (SSSR count). The molecule has 1 aliphatic heterocycles. The van der Waals surface area contributed by atoms with Crippen LogP contribution in [0.4, 0.5) is 4.79 Å². The minimum absolute atomic E-state index is 0.00565. The van der Waals surface area contributed by atoms with Gasteiger partial charge in [0.05, 0.1) is 10.0 Å². The van der Waals surface area contributed by atoms with E-state index in [1.54, 1.807) is 30.2 Å². The highest BCUT2D eigenvalue weighted by Gasteiger charge is 2.73. The lowest BCUT2D eigenvalue weighted by Crippen LogP contribution is -2.39. The lowest BCUT2D eigenvalue weighted by molar-refractivity contribution is 0.133. The van der Waals surface area contributed by atoms with Crippen LogP contribution in [-0.2, 0) is 4.84 Å². The highest BCUT2D eigenvalue weighted by atomic mass is 35.5. The van der Waals surface area contributed by atoms with Crippen molar-refractivity contribution in [3.63, 3.8) is 0 Å². The molecule has 1 saturated carbocycles. The largest absolute Gasteiger partial charge is 0.415 e. The number of nitrogens with zero attached hydrogens (tertiary/aromatic N) is 2. The number of oxime groups is 1. The summed E-state index contributed by atoms with van der Waals surface area (Å²) < 4.78 is 5.46. The summed E-state index contributed by atoms with van der Waals surface area (Å²) in [5, 5.41) is 4.73. The van der Waals surface area contributed by atoms with E-state index < -0.39 is 0 Å². The van der Waals surface area contributed by atoms with Gasteiger partial charge in [0, 0.05) is 36.7 Å². The molecule has 1 aromatic rings. The van der Waals surface area contributed by atoms with E-state index >= 15 is 0 Å². The van der Waals surface area contributed by atoms with Crippen LogP contribution in [-0.4, -0.2) is 37.4 Å². The molecular weight excluding hydrogens is 363 g/mol. The zero-order chi connectivity index (χ0) is 18.4. The molecule has 7 heteroatoms. The van der Waals surface area contributed by atoms with Gasteiger partial charge < -0.3 is 14.5 Å². The Kier molecular flexibility index (Phi) is 4.67. The Bertz CT molecular complexity index is 717. The number of carbonyl (C=O) groups excluding carboxylic acids is 1. The van der Waals surface area contributed by atoms with Crippen LogP contribution in [0.15, 0.2) is 23.4 Å². The maximum Gasteiger partial charge on any atom is 0.415 e. The molecule has 1 aliphatic carbocycles. The number of benzene rings is 1. The third kappa shape index (κ3) is 3.08. The van der Waals surface area contributed by atoms with Gasteiger partial charge in [-0.15, -0.1) is 0 Å². The summed E-state index contributed by atoms with van der Waals surface area (Å²) in [6.07, 6.45) is 1.51. The number of hydrogen-bond donors (Lipinski definition) is 0. The molecule has 136 valence electrons. The zero-order valence-electron chi connectivity index (χ0n) is 14.8. The number of fused-ring (bicyclic) bond motifs is 1. The fourth-order valence-electron chi connectivity index (χ4n) is 4.17. The summed E-state index contributed by atoms with van der Waals surface area (Å²) in [6.45, 7) is 7.90. The van der Waals surface area contributed by atoms with Crippen LogP contribution in [0.2, 0.25) is 10.0 Å². The number of piperidine rings is 1. The number of halogens is 2. The first-order chi connectivity index (χ1) is 11.7. The first-order valence-corrected chi connectivity index (χ1v) is 8.95. The number of hydrogen-bond acceptors (Lipinski definition) is 4. The van der Waals surface area contributed by atoms with E-state index in [1.807, 2.05) is 6.21 Å². The molecule has 3 unspecified atom stereocenters. The van der Waals surface area contributed by atoms with E-state index in [9.17, 15) is 4.79 Å². The minimum Gasteiger partial charge on any atom is -0.410 e. The Morgan fingerprint density at radius 1 is 1.36 bits per heavy atom. The number of ether oxygens (including phenoxy) is 1. The summed E-state index contributed by atoms with van der Waals surface area (Å²) >= 11 is 11.9. The van der Waals surface area contributed by atoms with E-state index in [2.05, 4.69) is 25.9 Å². The van der Waals surface area contributed by atoms with Gasteiger partial charge in [0.15, 0.2) is 0 Å². The van der Waals surface area contributed by atoms with E-state index in [1.165, 1.54) is 0 Å². The molecule has 0 aromatic heterocycles. The van der Waals surface area contributed by atoms with E-state index in [-0.39, 0.29) is 16.9 Å². The normalized spacial score (nSPS) is 28.2. The van der Waals surface area contributed by atoms with Crippen LogP contribution in [0.3, 0.4) is 0 Å². The van der Waals surface area contributed by atoms with Crippen LogP contribution < -0.4 is 4.74 Å². The lowest BCUT2D eigenvalue weighted by atomic mass is 9.75. The van der Waals surface area contributed by atoms with Crippen molar-refractivity contribution >= 4 is 35.5 Å². The van der Waals surface area contributed by atoms with Crippen molar-refractivity contribution in [2.24, 2.45) is 27.8 Å². The van der Waals surface area contributed by atoms with Crippen LogP contribution in [0.1, 0.15) is 20.8 Å². The molecule has 1 amide bonds. The van der Waals surface area contributed by atoms with Crippen molar-refractivity contribution < 1.29 is 14.4 Å². The van der Waals surface area contributed by atoms with Crippen molar-refractivity contribution in [2.45, 2.75) is 20.8 Å². The van der Waals surface area contributed by atoms with Crippen molar-refractivity contribution in [1.82, 2.24) is 4.90 Å². The molecule has 0 N–H and O–H groups in total. The molecule has 1 heterocycles. The second-order valence-electron chi connectivity index (χ2n) is 7.68. The van der Waals surface area contributed by atoms with Crippen LogP contribution in [0.25, 0.3) is 0 Å². The Balaban J connectivity index is 1.71. The fourth-order valence-corrected chi connectivity index (χ4v) is 4.46. The third-order valence-electron chi connectivity index (χ3n) is 5.53. The predicted molar refractivity (Wildman–Crippen MR) is 98.4 cm³/mol. The number of rotatable bonds is 3.